The number of benzene rings is 1. The van der Waals surface area contributed by atoms with Crippen molar-refractivity contribution < 1.29 is 0 Å². The van der Waals surface area contributed by atoms with Gasteiger partial charge in [0.2, 0.25) is 0 Å². The summed E-state index contributed by atoms with van der Waals surface area (Å²) in [5, 5.41) is 8.79. The van der Waals surface area contributed by atoms with E-state index in [1.165, 1.54) is 5.56 Å². The molecular formula is C15H15N3S. The third-order valence-electron chi connectivity index (χ3n) is 3.21. The van der Waals surface area contributed by atoms with Gasteiger partial charge in [-0.3, -0.25) is 4.98 Å². The van der Waals surface area contributed by atoms with Gasteiger partial charge in [-0.15, -0.1) is 0 Å². The van der Waals surface area contributed by atoms with E-state index in [2.05, 4.69) is 34.1 Å². The van der Waals surface area contributed by atoms with Crippen molar-refractivity contribution in [2.75, 3.05) is 11.1 Å². The fraction of sp³-hybridized carbons (Fsp3) is 0.133. The standard InChI is InChI=1S/C15H15N3S/c1-10(11-6-7-19-9-11)18-15-12-4-2-3-5-14(12)17-8-13(15)16/h2-10H,16H2,1H3,(H,17,18). The van der Waals surface area contributed by atoms with Gasteiger partial charge in [-0.1, -0.05) is 18.2 Å². The lowest BCUT2D eigenvalue weighted by Gasteiger charge is -2.17. The maximum absolute atomic E-state index is 6.07. The second kappa shape index (κ2) is 4.90. The molecule has 0 amide bonds. The first kappa shape index (κ1) is 12.0. The number of rotatable bonds is 3. The Labute approximate surface area is 116 Å². The van der Waals surface area contributed by atoms with Crippen LogP contribution in [0.2, 0.25) is 0 Å². The van der Waals surface area contributed by atoms with Crippen LogP contribution >= 0.6 is 11.3 Å². The summed E-state index contributed by atoms with van der Waals surface area (Å²) in [6.07, 6.45) is 1.71. The van der Waals surface area contributed by atoms with E-state index in [9.17, 15) is 0 Å². The van der Waals surface area contributed by atoms with E-state index in [-0.39, 0.29) is 6.04 Å². The van der Waals surface area contributed by atoms with Gasteiger partial charge < -0.3 is 11.1 Å². The van der Waals surface area contributed by atoms with Gasteiger partial charge in [0.25, 0.3) is 0 Å². The Balaban J connectivity index is 2.02. The normalized spacial score (nSPS) is 12.5. The quantitative estimate of drug-likeness (QED) is 0.754. The first-order chi connectivity index (χ1) is 9.25. The summed E-state index contributed by atoms with van der Waals surface area (Å²) in [6, 6.07) is 10.4. The number of hydrogen-bond donors (Lipinski definition) is 2. The number of fused-ring (bicyclic) bond motifs is 1. The van der Waals surface area contributed by atoms with Crippen LogP contribution < -0.4 is 11.1 Å². The molecular weight excluding hydrogens is 254 g/mol. The van der Waals surface area contributed by atoms with Gasteiger partial charge in [-0.05, 0) is 35.4 Å². The summed E-state index contributed by atoms with van der Waals surface area (Å²) >= 11 is 1.70. The van der Waals surface area contributed by atoms with Crippen molar-refractivity contribution in [1.29, 1.82) is 0 Å². The number of aromatic nitrogens is 1. The van der Waals surface area contributed by atoms with Gasteiger partial charge in [0, 0.05) is 11.4 Å². The molecule has 3 N–H and O–H groups in total. The van der Waals surface area contributed by atoms with Crippen molar-refractivity contribution >= 4 is 33.6 Å². The molecule has 2 aromatic heterocycles. The number of thiophene rings is 1. The Morgan fingerprint density at radius 3 is 2.89 bits per heavy atom. The number of anilines is 2. The average Bonchev–Trinajstić information content (AvgIpc) is 2.96. The Morgan fingerprint density at radius 2 is 2.11 bits per heavy atom. The van der Waals surface area contributed by atoms with Gasteiger partial charge in [-0.2, -0.15) is 11.3 Å². The molecule has 0 aliphatic carbocycles. The molecule has 0 fully saturated rings. The number of pyridine rings is 1. The van der Waals surface area contributed by atoms with E-state index in [0.29, 0.717) is 5.69 Å². The highest BCUT2D eigenvalue weighted by atomic mass is 32.1. The zero-order valence-corrected chi connectivity index (χ0v) is 11.4. The van der Waals surface area contributed by atoms with Crippen molar-refractivity contribution in [1.82, 2.24) is 4.98 Å². The van der Waals surface area contributed by atoms with E-state index in [1.54, 1.807) is 17.5 Å². The lowest BCUT2D eigenvalue weighted by atomic mass is 10.1. The number of nitrogens with one attached hydrogen (secondary N) is 1. The van der Waals surface area contributed by atoms with Gasteiger partial charge in [0.1, 0.15) is 0 Å². The second-order valence-electron chi connectivity index (χ2n) is 4.53. The predicted octanol–water partition coefficient (Wildman–Crippen LogP) is 4.05. The number of hydrogen-bond acceptors (Lipinski definition) is 4. The molecule has 0 aliphatic rings. The van der Waals surface area contributed by atoms with Gasteiger partial charge in [-0.25, -0.2) is 0 Å². The summed E-state index contributed by atoms with van der Waals surface area (Å²) in [5.74, 6) is 0. The zero-order valence-electron chi connectivity index (χ0n) is 10.6. The fourth-order valence-corrected chi connectivity index (χ4v) is 2.89. The minimum absolute atomic E-state index is 0.222. The van der Waals surface area contributed by atoms with Crippen molar-refractivity contribution in [2.24, 2.45) is 0 Å². The molecule has 0 saturated carbocycles. The Morgan fingerprint density at radius 1 is 1.26 bits per heavy atom. The molecule has 0 aliphatic heterocycles. The molecule has 3 nitrogen and oxygen atoms in total. The van der Waals surface area contributed by atoms with Gasteiger partial charge in [0.15, 0.2) is 0 Å². The molecule has 0 bridgehead atoms. The summed E-state index contributed by atoms with van der Waals surface area (Å²) in [6.45, 7) is 2.14. The van der Waals surface area contributed by atoms with E-state index in [4.69, 9.17) is 5.73 Å². The van der Waals surface area contributed by atoms with Crippen molar-refractivity contribution in [3.05, 3.63) is 52.9 Å². The van der Waals surface area contributed by atoms with E-state index < -0.39 is 0 Å². The van der Waals surface area contributed by atoms with E-state index >= 15 is 0 Å². The first-order valence-corrected chi connectivity index (χ1v) is 7.12. The molecule has 1 aromatic carbocycles. The molecule has 0 saturated heterocycles. The van der Waals surface area contributed by atoms with Crippen molar-refractivity contribution in [3.8, 4) is 0 Å². The SMILES string of the molecule is CC(Nc1c(N)cnc2ccccc12)c1ccsc1. The molecule has 0 spiro atoms. The minimum atomic E-state index is 0.222. The van der Waals surface area contributed by atoms with Crippen LogP contribution in [0.4, 0.5) is 11.4 Å². The van der Waals surface area contributed by atoms with Gasteiger partial charge >= 0.3 is 0 Å². The summed E-state index contributed by atoms with van der Waals surface area (Å²) in [7, 11) is 0. The highest BCUT2D eigenvalue weighted by Gasteiger charge is 2.11. The van der Waals surface area contributed by atoms with Crippen LogP contribution in [-0.4, -0.2) is 4.98 Å². The number of nitrogens with zero attached hydrogens (tertiary/aromatic N) is 1. The van der Waals surface area contributed by atoms with Crippen LogP contribution in [0.25, 0.3) is 10.9 Å². The number of nitrogens with two attached hydrogens (primary N) is 1. The summed E-state index contributed by atoms with van der Waals surface area (Å²) in [5.41, 5.74) is 9.93. The lowest BCUT2D eigenvalue weighted by molar-refractivity contribution is 0.893. The van der Waals surface area contributed by atoms with Gasteiger partial charge in [0.05, 0.1) is 23.1 Å². The van der Waals surface area contributed by atoms with Crippen LogP contribution in [0.3, 0.4) is 0 Å². The smallest absolute Gasteiger partial charge is 0.0743 e. The molecule has 1 atom stereocenters. The molecule has 0 radical (unpaired) electrons. The van der Waals surface area contributed by atoms with Crippen molar-refractivity contribution in [2.45, 2.75) is 13.0 Å². The largest absolute Gasteiger partial charge is 0.396 e. The third-order valence-corrected chi connectivity index (χ3v) is 3.91. The maximum Gasteiger partial charge on any atom is 0.0743 e. The Bertz CT molecular complexity index is 692. The summed E-state index contributed by atoms with van der Waals surface area (Å²) < 4.78 is 0. The number of nitrogen functional groups attached to an aromatic ring is 1. The molecule has 2 heterocycles. The lowest BCUT2D eigenvalue weighted by Crippen LogP contribution is -2.08. The highest BCUT2D eigenvalue weighted by Crippen LogP contribution is 2.31. The molecule has 96 valence electrons. The topological polar surface area (TPSA) is 50.9 Å². The Kier molecular flexibility index (Phi) is 3.09. The van der Waals surface area contributed by atoms with Crippen LogP contribution in [0, 0.1) is 0 Å². The highest BCUT2D eigenvalue weighted by molar-refractivity contribution is 7.08. The third kappa shape index (κ3) is 2.27. The van der Waals surface area contributed by atoms with Crippen LogP contribution in [-0.2, 0) is 0 Å². The fourth-order valence-electron chi connectivity index (χ4n) is 2.14. The molecule has 19 heavy (non-hydrogen) atoms. The maximum atomic E-state index is 6.07. The summed E-state index contributed by atoms with van der Waals surface area (Å²) in [4.78, 5) is 4.35. The molecule has 3 rings (SSSR count). The number of para-hydroxylation sites is 1. The predicted molar refractivity (Wildman–Crippen MR) is 82.5 cm³/mol. The monoisotopic (exact) mass is 269 g/mol. The Hall–Kier alpha value is -2.07. The van der Waals surface area contributed by atoms with Crippen LogP contribution in [0.15, 0.2) is 47.3 Å². The molecule has 4 heteroatoms. The minimum Gasteiger partial charge on any atom is -0.396 e. The first-order valence-electron chi connectivity index (χ1n) is 6.17. The van der Waals surface area contributed by atoms with E-state index in [1.807, 2.05) is 24.3 Å². The van der Waals surface area contributed by atoms with E-state index in [0.717, 1.165) is 16.6 Å². The van der Waals surface area contributed by atoms with Crippen molar-refractivity contribution in [3.63, 3.8) is 0 Å². The average molecular weight is 269 g/mol. The van der Waals surface area contributed by atoms with Crippen LogP contribution in [0.1, 0.15) is 18.5 Å². The van der Waals surface area contributed by atoms with Crippen LogP contribution in [0.5, 0.6) is 0 Å². The molecule has 3 aromatic rings. The second-order valence-corrected chi connectivity index (χ2v) is 5.31. The zero-order chi connectivity index (χ0) is 13.2. The molecule has 1 unspecified atom stereocenters.